The van der Waals surface area contributed by atoms with E-state index in [2.05, 4.69) is 4.72 Å². The van der Waals surface area contributed by atoms with E-state index in [1.165, 1.54) is 18.6 Å². The summed E-state index contributed by atoms with van der Waals surface area (Å²) in [6, 6.07) is 3.03. The van der Waals surface area contributed by atoms with Crippen molar-refractivity contribution < 1.29 is 8.42 Å². The summed E-state index contributed by atoms with van der Waals surface area (Å²) in [5.41, 5.74) is 6.93. The van der Waals surface area contributed by atoms with E-state index in [1.54, 1.807) is 6.92 Å². The molecular formula is C14H19ClN2O2S. The molecule has 2 bridgehead atoms. The molecule has 3 atom stereocenters. The van der Waals surface area contributed by atoms with Gasteiger partial charge in [-0.3, -0.25) is 0 Å². The molecule has 2 saturated carbocycles. The predicted molar refractivity (Wildman–Crippen MR) is 80.2 cm³/mol. The van der Waals surface area contributed by atoms with Crippen LogP contribution in [0.3, 0.4) is 0 Å². The van der Waals surface area contributed by atoms with Gasteiger partial charge in [-0.25, -0.2) is 13.1 Å². The lowest BCUT2D eigenvalue weighted by atomic mass is 9.96. The average molecular weight is 315 g/mol. The van der Waals surface area contributed by atoms with Gasteiger partial charge in [-0.15, -0.1) is 0 Å². The molecule has 0 amide bonds. The molecular weight excluding hydrogens is 296 g/mol. The molecule has 1 aromatic carbocycles. The molecule has 3 N–H and O–H groups in total. The zero-order valence-corrected chi connectivity index (χ0v) is 13.0. The maximum atomic E-state index is 12.5. The zero-order chi connectivity index (χ0) is 14.5. The van der Waals surface area contributed by atoms with E-state index in [1.807, 2.05) is 0 Å². The number of sulfonamides is 1. The molecule has 0 aliphatic heterocycles. The van der Waals surface area contributed by atoms with Gasteiger partial charge in [-0.1, -0.05) is 18.0 Å². The number of nitrogens with two attached hydrogens (primary N) is 1. The van der Waals surface area contributed by atoms with Crippen molar-refractivity contribution >= 4 is 27.3 Å². The second-order valence-corrected chi connectivity index (χ2v) is 8.14. The van der Waals surface area contributed by atoms with Crippen LogP contribution in [0.15, 0.2) is 17.0 Å². The molecule has 3 unspecified atom stereocenters. The van der Waals surface area contributed by atoms with Crippen LogP contribution in [0.4, 0.5) is 5.69 Å². The lowest BCUT2D eigenvalue weighted by Gasteiger charge is -2.23. The number of anilines is 1. The minimum Gasteiger partial charge on any atom is -0.398 e. The molecule has 20 heavy (non-hydrogen) atoms. The van der Waals surface area contributed by atoms with Crippen molar-refractivity contribution in [3.05, 3.63) is 22.7 Å². The maximum Gasteiger partial charge on any atom is 0.240 e. The second-order valence-electron chi connectivity index (χ2n) is 6.02. The smallest absolute Gasteiger partial charge is 0.240 e. The Morgan fingerprint density at radius 3 is 2.60 bits per heavy atom. The van der Waals surface area contributed by atoms with Crippen molar-refractivity contribution in [3.8, 4) is 0 Å². The van der Waals surface area contributed by atoms with Crippen molar-refractivity contribution in [3.63, 3.8) is 0 Å². The molecule has 2 aliphatic carbocycles. The van der Waals surface area contributed by atoms with Gasteiger partial charge in [-0.2, -0.15) is 0 Å². The van der Waals surface area contributed by atoms with Crippen molar-refractivity contribution in [2.75, 3.05) is 5.73 Å². The summed E-state index contributed by atoms with van der Waals surface area (Å²) in [6.45, 7) is 1.78. The van der Waals surface area contributed by atoms with Crippen LogP contribution in [0.1, 0.15) is 31.2 Å². The van der Waals surface area contributed by atoms with E-state index >= 15 is 0 Å². The number of hydrogen-bond donors (Lipinski definition) is 2. The summed E-state index contributed by atoms with van der Waals surface area (Å²) in [5.74, 6) is 1.19. The van der Waals surface area contributed by atoms with Gasteiger partial charge in [0.1, 0.15) is 0 Å². The predicted octanol–water partition coefficient (Wildman–Crippen LogP) is 2.70. The quantitative estimate of drug-likeness (QED) is 0.843. The van der Waals surface area contributed by atoms with Crippen LogP contribution < -0.4 is 10.5 Å². The standard InChI is InChI=1S/C14H19ClN2O2S/c1-8-12(15)6-11(7-13(8)16)20(18,19)17-14-5-9-2-3-10(14)4-9/h6-7,9-10,14,17H,2-5,16H2,1H3. The van der Waals surface area contributed by atoms with Crippen LogP contribution in [0.2, 0.25) is 5.02 Å². The van der Waals surface area contributed by atoms with Gasteiger partial charge in [0.2, 0.25) is 10.0 Å². The number of fused-ring (bicyclic) bond motifs is 2. The molecule has 110 valence electrons. The molecule has 0 aromatic heterocycles. The van der Waals surface area contributed by atoms with Gasteiger partial charge < -0.3 is 5.73 Å². The lowest BCUT2D eigenvalue weighted by molar-refractivity contribution is 0.390. The average Bonchev–Trinajstić information content (AvgIpc) is 2.96. The van der Waals surface area contributed by atoms with Crippen molar-refractivity contribution in [1.82, 2.24) is 4.72 Å². The number of hydrogen-bond acceptors (Lipinski definition) is 3. The molecule has 0 saturated heterocycles. The van der Waals surface area contributed by atoms with Crippen molar-refractivity contribution in [1.29, 1.82) is 0 Å². The van der Waals surface area contributed by atoms with Gasteiger partial charge in [0, 0.05) is 16.8 Å². The molecule has 1 aromatic rings. The topological polar surface area (TPSA) is 72.2 Å². The molecule has 0 heterocycles. The van der Waals surface area contributed by atoms with Gasteiger partial charge >= 0.3 is 0 Å². The van der Waals surface area contributed by atoms with Gasteiger partial charge in [0.15, 0.2) is 0 Å². The maximum absolute atomic E-state index is 12.5. The number of nitrogen functional groups attached to an aromatic ring is 1. The fraction of sp³-hybridized carbons (Fsp3) is 0.571. The summed E-state index contributed by atoms with van der Waals surface area (Å²) in [7, 11) is -3.54. The Labute approximate surface area is 124 Å². The van der Waals surface area contributed by atoms with Crippen LogP contribution in [0, 0.1) is 18.8 Å². The van der Waals surface area contributed by atoms with E-state index in [-0.39, 0.29) is 10.9 Å². The summed E-state index contributed by atoms with van der Waals surface area (Å²) in [5, 5.41) is 0.387. The van der Waals surface area contributed by atoms with E-state index in [4.69, 9.17) is 17.3 Å². The van der Waals surface area contributed by atoms with Crippen LogP contribution in [-0.4, -0.2) is 14.5 Å². The van der Waals surface area contributed by atoms with Gasteiger partial charge in [0.05, 0.1) is 4.90 Å². The highest BCUT2D eigenvalue weighted by Crippen LogP contribution is 2.44. The minimum atomic E-state index is -3.54. The van der Waals surface area contributed by atoms with E-state index in [9.17, 15) is 8.42 Å². The van der Waals surface area contributed by atoms with Crippen LogP contribution in [0.5, 0.6) is 0 Å². The second kappa shape index (κ2) is 4.90. The van der Waals surface area contributed by atoms with E-state index < -0.39 is 10.0 Å². The first-order chi connectivity index (χ1) is 9.37. The SMILES string of the molecule is Cc1c(N)cc(S(=O)(=O)NC2CC3CCC2C3)cc1Cl. The Balaban J connectivity index is 1.85. The fourth-order valence-corrected chi connectivity index (χ4v) is 5.16. The Hall–Kier alpha value is -0.780. The first-order valence-corrected chi connectivity index (χ1v) is 8.81. The summed E-state index contributed by atoms with van der Waals surface area (Å²) < 4.78 is 27.7. The Morgan fingerprint density at radius 1 is 1.30 bits per heavy atom. The normalized spacial score (nSPS) is 29.0. The van der Waals surface area contributed by atoms with Crippen molar-refractivity contribution in [2.24, 2.45) is 11.8 Å². The highest BCUT2D eigenvalue weighted by atomic mass is 35.5. The molecule has 0 radical (unpaired) electrons. The number of benzene rings is 1. The summed E-state index contributed by atoms with van der Waals surface area (Å²) >= 11 is 6.03. The number of halogens is 1. The first-order valence-electron chi connectivity index (χ1n) is 6.95. The summed E-state index contributed by atoms with van der Waals surface area (Å²) in [4.78, 5) is 0.161. The number of rotatable bonds is 3. The Bertz CT molecular complexity index is 622. The molecule has 4 nitrogen and oxygen atoms in total. The lowest BCUT2D eigenvalue weighted by Crippen LogP contribution is -2.38. The monoisotopic (exact) mass is 314 g/mol. The zero-order valence-electron chi connectivity index (χ0n) is 11.4. The Morgan fingerprint density at radius 2 is 2.05 bits per heavy atom. The molecule has 0 spiro atoms. The van der Waals surface area contributed by atoms with Gasteiger partial charge in [-0.05, 0) is 55.7 Å². The third-order valence-corrected chi connectivity index (χ3v) is 6.57. The third-order valence-electron chi connectivity index (χ3n) is 4.71. The van der Waals surface area contributed by atoms with Crippen molar-refractivity contribution in [2.45, 2.75) is 43.5 Å². The Kier molecular flexibility index (Phi) is 3.47. The minimum absolute atomic E-state index is 0.0695. The molecule has 3 rings (SSSR count). The van der Waals surface area contributed by atoms with Crippen LogP contribution in [-0.2, 0) is 10.0 Å². The van der Waals surface area contributed by atoms with Crippen LogP contribution in [0.25, 0.3) is 0 Å². The largest absolute Gasteiger partial charge is 0.398 e. The number of nitrogens with one attached hydrogen (secondary N) is 1. The summed E-state index contributed by atoms with van der Waals surface area (Å²) in [6.07, 6.45) is 4.49. The highest BCUT2D eigenvalue weighted by Gasteiger charge is 2.41. The fourth-order valence-electron chi connectivity index (χ4n) is 3.49. The molecule has 2 fully saturated rings. The van der Waals surface area contributed by atoms with E-state index in [0.717, 1.165) is 19.3 Å². The molecule has 2 aliphatic rings. The highest BCUT2D eigenvalue weighted by molar-refractivity contribution is 7.89. The van der Waals surface area contributed by atoms with Crippen LogP contribution >= 0.6 is 11.6 Å². The van der Waals surface area contributed by atoms with Gasteiger partial charge in [0.25, 0.3) is 0 Å². The molecule has 6 heteroatoms. The first kappa shape index (κ1) is 14.2. The van der Waals surface area contributed by atoms with E-state index in [0.29, 0.717) is 28.1 Å². The third kappa shape index (κ3) is 2.43.